The largest absolute Gasteiger partial charge is 0.342 e. The first kappa shape index (κ1) is 15.6. The van der Waals surface area contributed by atoms with Crippen LogP contribution in [0, 0.1) is 0 Å². The summed E-state index contributed by atoms with van der Waals surface area (Å²) < 4.78 is 3.62. The molecule has 0 atom stereocenters. The van der Waals surface area contributed by atoms with Gasteiger partial charge in [0.15, 0.2) is 0 Å². The number of aromatic nitrogens is 3. The van der Waals surface area contributed by atoms with E-state index >= 15 is 0 Å². The molecule has 0 spiro atoms. The molecule has 0 saturated heterocycles. The molecule has 0 aliphatic carbocycles. The number of fused-ring (bicyclic) bond motifs is 3. The van der Waals surface area contributed by atoms with E-state index in [0.717, 1.165) is 22.3 Å². The molecule has 2 heterocycles. The third-order valence-electron chi connectivity index (χ3n) is 4.83. The molecule has 0 N–H and O–H groups in total. The minimum atomic E-state index is -0.0937. The topological polar surface area (TPSA) is 39.8 Å². The van der Waals surface area contributed by atoms with Gasteiger partial charge in [-0.15, -0.1) is 0 Å². The van der Waals surface area contributed by atoms with Crippen molar-refractivity contribution in [3.63, 3.8) is 0 Å². The zero-order valence-corrected chi connectivity index (χ0v) is 14.6. The zero-order valence-electron chi connectivity index (χ0n) is 14.6. The number of rotatable bonds is 3. The number of nitrogens with zero attached hydrogens (tertiary/aromatic N) is 3. The van der Waals surface area contributed by atoms with Crippen LogP contribution in [0.3, 0.4) is 0 Å². The molecule has 0 unspecified atom stereocenters. The predicted molar refractivity (Wildman–Crippen MR) is 107 cm³/mol. The van der Waals surface area contributed by atoms with E-state index in [1.165, 1.54) is 10.2 Å². The minimum Gasteiger partial charge on any atom is -0.342 e. The van der Waals surface area contributed by atoms with Gasteiger partial charge in [-0.25, -0.2) is 0 Å². The van der Waals surface area contributed by atoms with Crippen molar-refractivity contribution >= 4 is 10.9 Å². The van der Waals surface area contributed by atoms with Gasteiger partial charge >= 0.3 is 0 Å². The molecule has 27 heavy (non-hydrogen) atoms. The van der Waals surface area contributed by atoms with E-state index in [1.807, 2.05) is 72.9 Å². The molecular formula is C23H17N3O. The number of para-hydroxylation sites is 2. The Balaban J connectivity index is 1.78. The van der Waals surface area contributed by atoms with Gasteiger partial charge in [0.2, 0.25) is 0 Å². The van der Waals surface area contributed by atoms with Gasteiger partial charge < -0.3 is 4.57 Å². The normalized spacial score (nSPS) is 11.3. The second-order valence-corrected chi connectivity index (χ2v) is 6.57. The van der Waals surface area contributed by atoms with Gasteiger partial charge in [0.05, 0.1) is 16.8 Å². The van der Waals surface area contributed by atoms with Crippen LogP contribution in [0.4, 0.5) is 0 Å². The lowest BCUT2D eigenvalue weighted by Crippen LogP contribution is -2.15. The summed E-state index contributed by atoms with van der Waals surface area (Å²) >= 11 is 0. The molecule has 5 rings (SSSR count). The summed E-state index contributed by atoms with van der Waals surface area (Å²) in [7, 11) is 0. The van der Waals surface area contributed by atoms with Gasteiger partial charge in [-0.3, -0.25) is 4.79 Å². The molecule has 0 fully saturated rings. The molecule has 130 valence electrons. The van der Waals surface area contributed by atoms with E-state index in [0.29, 0.717) is 12.1 Å². The smallest absolute Gasteiger partial charge is 0.282 e. The van der Waals surface area contributed by atoms with Gasteiger partial charge in [-0.1, -0.05) is 66.7 Å². The van der Waals surface area contributed by atoms with Gasteiger partial charge in [0, 0.05) is 18.1 Å². The summed E-state index contributed by atoms with van der Waals surface area (Å²) in [6.07, 6.45) is 1.93. The van der Waals surface area contributed by atoms with Crippen molar-refractivity contribution in [2.45, 2.75) is 6.54 Å². The Morgan fingerprint density at radius 2 is 1.44 bits per heavy atom. The lowest BCUT2D eigenvalue weighted by atomic mass is 10.1. The monoisotopic (exact) mass is 351 g/mol. The van der Waals surface area contributed by atoms with E-state index in [1.54, 1.807) is 0 Å². The van der Waals surface area contributed by atoms with Crippen molar-refractivity contribution in [1.29, 1.82) is 0 Å². The maximum absolute atomic E-state index is 13.1. The van der Waals surface area contributed by atoms with Crippen LogP contribution >= 0.6 is 0 Å². The number of hydrogen-bond acceptors (Lipinski definition) is 2. The second kappa shape index (κ2) is 6.25. The molecule has 4 nitrogen and oxygen atoms in total. The van der Waals surface area contributed by atoms with Gasteiger partial charge in [-0.05, 0) is 23.8 Å². The molecular weight excluding hydrogens is 334 g/mol. The molecule has 3 aromatic rings. The number of hydrogen-bond donors (Lipinski definition) is 0. The van der Waals surface area contributed by atoms with E-state index in [4.69, 9.17) is 0 Å². The first-order valence-corrected chi connectivity index (χ1v) is 8.91. The molecule has 4 heteroatoms. The standard InChI is InChI=1S/C23H17N3O/c27-23-20-16-25(15-17-9-3-1-4-10-17)21-14-8-7-13-19(21)22(20)24-26(23)18-11-5-2-6-12-18/h1-14,16H,15H2. The van der Waals surface area contributed by atoms with Crippen LogP contribution in [0.2, 0.25) is 0 Å². The van der Waals surface area contributed by atoms with Crippen molar-refractivity contribution in [3.8, 4) is 16.9 Å². The minimum absolute atomic E-state index is 0.0937. The Labute approximate surface area is 156 Å². The van der Waals surface area contributed by atoms with Crippen molar-refractivity contribution < 1.29 is 0 Å². The fourth-order valence-corrected chi connectivity index (χ4v) is 3.53. The van der Waals surface area contributed by atoms with E-state index in [-0.39, 0.29) is 5.56 Å². The fourth-order valence-electron chi connectivity index (χ4n) is 3.53. The van der Waals surface area contributed by atoms with Crippen LogP contribution in [0.15, 0.2) is 95.9 Å². The van der Waals surface area contributed by atoms with Crippen LogP contribution in [-0.2, 0) is 6.54 Å². The van der Waals surface area contributed by atoms with Crippen molar-refractivity contribution in [3.05, 3.63) is 107 Å². The summed E-state index contributed by atoms with van der Waals surface area (Å²) in [5.74, 6) is 0. The lowest BCUT2D eigenvalue weighted by Gasteiger charge is -2.13. The van der Waals surface area contributed by atoms with Crippen molar-refractivity contribution in [1.82, 2.24) is 14.3 Å². The third kappa shape index (κ3) is 2.62. The Bertz CT molecular complexity index is 1250. The zero-order chi connectivity index (χ0) is 18.2. The molecule has 3 aromatic carbocycles. The lowest BCUT2D eigenvalue weighted by molar-refractivity contribution is 0.827. The Morgan fingerprint density at radius 1 is 0.778 bits per heavy atom. The molecule has 2 aliphatic heterocycles. The summed E-state index contributed by atoms with van der Waals surface area (Å²) in [5.41, 5.74) is 4.31. The van der Waals surface area contributed by atoms with Crippen LogP contribution in [0.5, 0.6) is 0 Å². The SMILES string of the molecule is O=c1c2cn(Cc3ccccc3)c3ccccc3c-2nn1-c1ccccc1. The summed E-state index contributed by atoms with van der Waals surface area (Å²) in [6, 6.07) is 27.9. The van der Waals surface area contributed by atoms with E-state index < -0.39 is 0 Å². The highest BCUT2D eigenvalue weighted by Gasteiger charge is 2.20. The molecule has 0 saturated carbocycles. The Morgan fingerprint density at radius 3 is 2.22 bits per heavy atom. The molecule has 0 radical (unpaired) electrons. The van der Waals surface area contributed by atoms with E-state index in [2.05, 4.69) is 27.9 Å². The molecule has 0 aromatic heterocycles. The van der Waals surface area contributed by atoms with Gasteiger partial charge in [-0.2, -0.15) is 9.78 Å². The molecule has 2 aliphatic rings. The fraction of sp³-hybridized carbons (Fsp3) is 0.0435. The second-order valence-electron chi connectivity index (χ2n) is 6.57. The quantitative estimate of drug-likeness (QED) is 0.485. The molecule has 0 bridgehead atoms. The summed E-state index contributed by atoms with van der Waals surface area (Å²) in [6.45, 7) is 0.702. The van der Waals surface area contributed by atoms with Crippen LogP contribution in [0.25, 0.3) is 27.8 Å². The van der Waals surface area contributed by atoms with Gasteiger partial charge in [0.1, 0.15) is 5.69 Å². The predicted octanol–water partition coefficient (Wildman–Crippen LogP) is 4.34. The van der Waals surface area contributed by atoms with Crippen LogP contribution in [-0.4, -0.2) is 14.3 Å². The van der Waals surface area contributed by atoms with Crippen LogP contribution in [0.1, 0.15) is 5.56 Å². The summed E-state index contributed by atoms with van der Waals surface area (Å²) in [5, 5.41) is 5.63. The average molecular weight is 351 g/mol. The third-order valence-corrected chi connectivity index (χ3v) is 4.83. The Kier molecular flexibility index (Phi) is 3.61. The Hall–Kier alpha value is -3.66. The van der Waals surface area contributed by atoms with E-state index in [9.17, 15) is 4.79 Å². The number of pyridine rings is 1. The first-order chi connectivity index (χ1) is 13.3. The molecule has 0 amide bonds. The average Bonchev–Trinajstić information content (AvgIpc) is 3.06. The van der Waals surface area contributed by atoms with Crippen molar-refractivity contribution in [2.24, 2.45) is 0 Å². The first-order valence-electron chi connectivity index (χ1n) is 8.91. The maximum Gasteiger partial charge on any atom is 0.282 e. The highest BCUT2D eigenvalue weighted by molar-refractivity contribution is 5.93. The van der Waals surface area contributed by atoms with Crippen molar-refractivity contribution in [2.75, 3.05) is 0 Å². The summed E-state index contributed by atoms with van der Waals surface area (Å²) in [4.78, 5) is 13.1. The van der Waals surface area contributed by atoms with Gasteiger partial charge in [0.25, 0.3) is 5.56 Å². The number of benzene rings is 3. The highest BCUT2D eigenvalue weighted by atomic mass is 16.1. The highest BCUT2D eigenvalue weighted by Crippen LogP contribution is 2.28. The maximum atomic E-state index is 13.1. The van der Waals surface area contributed by atoms with Crippen LogP contribution < -0.4 is 5.56 Å².